The number of nitrogens with one attached hydrogen (secondary N) is 1. The number of rotatable bonds is 2. The zero-order valence-electron chi connectivity index (χ0n) is 9.04. The van der Waals surface area contributed by atoms with Gasteiger partial charge in [-0.2, -0.15) is 5.48 Å². The van der Waals surface area contributed by atoms with E-state index in [1.165, 1.54) is 26.2 Å². The van der Waals surface area contributed by atoms with Crippen LogP contribution in [0.2, 0.25) is 10.0 Å². The number of hydrogen-bond donors (Lipinski definition) is 1. The minimum Gasteiger partial charge on any atom is -0.494 e. The summed E-state index contributed by atoms with van der Waals surface area (Å²) < 4.78 is 4.95. The van der Waals surface area contributed by atoms with Crippen LogP contribution in [0.1, 0.15) is 17.3 Å². The summed E-state index contributed by atoms with van der Waals surface area (Å²) in [7, 11) is 1.34. The Morgan fingerprint density at radius 3 is 2.35 bits per heavy atom. The van der Waals surface area contributed by atoms with Gasteiger partial charge in [-0.05, 0) is 12.1 Å². The lowest BCUT2D eigenvalue weighted by molar-refractivity contribution is -0.127. The van der Waals surface area contributed by atoms with Gasteiger partial charge in [0.1, 0.15) is 5.56 Å². The number of amides is 1. The first kappa shape index (κ1) is 13.6. The Morgan fingerprint density at radius 2 is 1.82 bits per heavy atom. The number of hydrogen-bond acceptors (Lipinski definition) is 4. The van der Waals surface area contributed by atoms with E-state index in [1.807, 2.05) is 5.48 Å². The molecule has 0 fully saturated rings. The number of ether oxygens (including phenoxy) is 1. The molecule has 1 aromatic rings. The quantitative estimate of drug-likeness (QED) is 0.842. The lowest BCUT2D eigenvalue weighted by Gasteiger charge is -2.10. The van der Waals surface area contributed by atoms with Crippen LogP contribution in [0.3, 0.4) is 0 Å². The van der Waals surface area contributed by atoms with E-state index >= 15 is 0 Å². The van der Waals surface area contributed by atoms with Gasteiger partial charge in [0.25, 0.3) is 0 Å². The third-order valence-electron chi connectivity index (χ3n) is 1.75. The van der Waals surface area contributed by atoms with Crippen LogP contribution in [0.15, 0.2) is 12.1 Å². The second-order valence-electron chi connectivity index (χ2n) is 2.99. The van der Waals surface area contributed by atoms with Gasteiger partial charge in [0.2, 0.25) is 5.91 Å². The first-order chi connectivity index (χ1) is 7.97. The highest BCUT2D eigenvalue weighted by atomic mass is 35.5. The molecule has 0 saturated heterocycles. The summed E-state index contributed by atoms with van der Waals surface area (Å²) in [6.45, 7) is 1.20. The molecule has 0 aliphatic rings. The number of halogens is 2. The summed E-state index contributed by atoms with van der Waals surface area (Å²) in [4.78, 5) is 26.8. The summed E-state index contributed by atoms with van der Waals surface area (Å²) in [5.74, 6) is -1.28. The molecule has 1 aromatic carbocycles. The average molecular weight is 278 g/mol. The van der Waals surface area contributed by atoms with Crippen LogP contribution < -0.4 is 10.2 Å². The number of benzene rings is 1. The first-order valence-electron chi connectivity index (χ1n) is 4.47. The topological polar surface area (TPSA) is 64.6 Å². The molecule has 0 heterocycles. The molecule has 0 saturated carbocycles. The smallest absolute Gasteiger partial charge is 0.368 e. The van der Waals surface area contributed by atoms with Gasteiger partial charge < -0.3 is 9.57 Å². The van der Waals surface area contributed by atoms with E-state index in [0.29, 0.717) is 0 Å². The highest BCUT2D eigenvalue weighted by Gasteiger charge is 2.21. The van der Waals surface area contributed by atoms with Crippen molar-refractivity contribution in [3.8, 4) is 5.75 Å². The molecule has 0 aliphatic carbocycles. The molecule has 17 heavy (non-hydrogen) atoms. The van der Waals surface area contributed by atoms with Crippen molar-refractivity contribution >= 4 is 35.1 Å². The molecular weight excluding hydrogens is 269 g/mol. The largest absolute Gasteiger partial charge is 0.494 e. The van der Waals surface area contributed by atoms with Crippen molar-refractivity contribution < 1.29 is 19.2 Å². The fourth-order valence-corrected chi connectivity index (χ4v) is 1.55. The highest BCUT2D eigenvalue weighted by molar-refractivity contribution is 6.37. The van der Waals surface area contributed by atoms with Crippen LogP contribution in [-0.2, 0) is 9.63 Å². The van der Waals surface area contributed by atoms with Gasteiger partial charge in [-0.3, -0.25) is 4.79 Å². The number of hydroxylamine groups is 1. The van der Waals surface area contributed by atoms with E-state index in [0.717, 1.165) is 0 Å². The van der Waals surface area contributed by atoms with Crippen LogP contribution >= 0.6 is 23.2 Å². The fourth-order valence-electron chi connectivity index (χ4n) is 1.09. The van der Waals surface area contributed by atoms with E-state index in [9.17, 15) is 9.59 Å². The molecule has 0 aromatic heterocycles. The molecule has 7 heteroatoms. The van der Waals surface area contributed by atoms with Gasteiger partial charge >= 0.3 is 5.97 Å². The third kappa shape index (κ3) is 3.25. The molecule has 0 bridgehead atoms. The average Bonchev–Trinajstić information content (AvgIpc) is 2.28. The second-order valence-corrected chi connectivity index (χ2v) is 3.80. The van der Waals surface area contributed by atoms with Gasteiger partial charge in [0, 0.05) is 6.92 Å². The molecule has 0 radical (unpaired) electrons. The predicted molar refractivity (Wildman–Crippen MR) is 62.2 cm³/mol. The Bertz CT molecular complexity index is 462. The van der Waals surface area contributed by atoms with Crippen molar-refractivity contribution in [2.24, 2.45) is 0 Å². The van der Waals surface area contributed by atoms with E-state index < -0.39 is 11.9 Å². The van der Waals surface area contributed by atoms with Crippen LogP contribution in [-0.4, -0.2) is 19.0 Å². The Kier molecular flexibility index (Phi) is 4.60. The Hall–Kier alpha value is -1.46. The van der Waals surface area contributed by atoms with Gasteiger partial charge in [-0.15, -0.1) is 0 Å². The Balaban J connectivity index is 3.07. The zero-order chi connectivity index (χ0) is 13.0. The third-order valence-corrected chi connectivity index (χ3v) is 2.37. The molecule has 0 unspecified atom stereocenters. The van der Waals surface area contributed by atoms with E-state index in [1.54, 1.807) is 0 Å². The van der Waals surface area contributed by atoms with Gasteiger partial charge in [0.15, 0.2) is 5.75 Å². The maximum Gasteiger partial charge on any atom is 0.368 e. The standard InChI is InChI=1S/C10H9Cl2NO4/c1-5(14)13-17-10(15)8-6(11)3-4-7(12)9(8)16-2/h3-4H,1-2H3,(H,13,14). The van der Waals surface area contributed by atoms with Gasteiger partial charge in [-0.25, -0.2) is 4.79 Å². The van der Waals surface area contributed by atoms with Crippen molar-refractivity contribution in [3.63, 3.8) is 0 Å². The van der Waals surface area contributed by atoms with E-state index in [4.69, 9.17) is 27.9 Å². The van der Waals surface area contributed by atoms with E-state index in [-0.39, 0.29) is 21.4 Å². The minimum absolute atomic E-state index is 0.0459. The number of carbonyl (C=O) groups excluding carboxylic acids is 2. The van der Waals surface area contributed by atoms with Crippen LogP contribution in [0.25, 0.3) is 0 Å². The molecule has 92 valence electrons. The second kappa shape index (κ2) is 5.75. The molecular formula is C10H9Cl2NO4. The van der Waals surface area contributed by atoms with Crippen molar-refractivity contribution in [1.82, 2.24) is 5.48 Å². The normalized spacial score (nSPS) is 9.65. The monoisotopic (exact) mass is 277 g/mol. The van der Waals surface area contributed by atoms with Crippen LogP contribution in [0, 0.1) is 0 Å². The number of methoxy groups -OCH3 is 1. The molecule has 1 N–H and O–H groups in total. The molecule has 1 amide bonds. The molecule has 0 spiro atoms. The number of carbonyl (C=O) groups is 2. The van der Waals surface area contributed by atoms with Crippen molar-refractivity contribution in [2.45, 2.75) is 6.92 Å². The first-order valence-corrected chi connectivity index (χ1v) is 5.22. The van der Waals surface area contributed by atoms with Crippen LogP contribution in [0.5, 0.6) is 5.75 Å². The zero-order valence-corrected chi connectivity index (χ0v) is 10.6. The predicted octanol–water partition coefficient (Wildman–Crippen LogP) is 2.21. The molecule has 5 nitrogen and oxygen atoms in total. The molecule has 1 rings (SSSR count). The Morgan fingerprint density at radius 1 is 1.24 bits per heavy atom. The van der Waals surface area contributed by atoms with Gasteiger partial charge in [0.05, 0.1) is 17.2 Å². The van der Waals surface area contributed by atoms with E-state index in [2.05, 4.69) is 4.84 Å². The Labute approximate surface area is 108 Å². The summed E-state index contributed by atoms with van der Waals surface area (Å²) in [6.07, 6.45) is 0. The van der Waals surface area contributed by atoms with Crippen molar-refractivity contribution in [2.75, 3.05) is 7.11 Å². The maximum atomic E-state index is 11.6. The lowest BCUT2D eigenvalue weighted by Crippen LogP contribution is -2.24. The summed E-state index contributed by atoms with van der Waals surface area (Å²) in [5, 5.41) is 0.327. The fraction of sp³-hybridized carbons (Fsp3) is 0.200. The highest BCUT2D eigenvalue weighted by Crippen LogP contribution is 2.34. The van der Waals surface area contributed by atoms with Crippen molar-refractivity contribution in [3.05, 3.63) is 27.7 Å². The summed E-state index contributed by atoms with van der Waals surface area (Å²) in [5.41, 5.74) is 1.85. The van der Waals surface area contributed by atoms with Crippen molar-refractivity contribution in [1.29, 1.82) is 0 Å². The lowest BCUT2D eigenvalue weighted by atomic mass is 10.2. The maximum absolute atomic E-state index is 11.6. The van der Waals surface area contributed by atoms with Crippen LogP contribution in [0.4, 0.5) is 0 Å². The molecule has 0 aliphatic heterocycles. The minimum atomic E-state index is -0.857. The van der Waals surface area contributed by atoms with Gasteiger partial charge in [-0.1, -0.05) is 23.2 Å². The molecule has 0 atom stereocenters. The summed E-state index contributed by atoms with van der Waals surface area (Å²) in [6, 6.07) is 2.91. The summed E-state index contributed by atoms with van der Waals surface area (Å²) >= 11 is 11.7. The SMILES string of the molecule is COc1c(Cl)ccc(Cl)c1C(=O)ONC(C)=O.